The Morgan fingerprint density at radius 1 is 1.33 bits per heavy atom. The first-order chi connectivity index (χ1) is 8.63. The van der Waals surface area contributed by atoms with Crippen LogP contribution in [0.3, 0.4) is 0 Å². The molecule has 1 aliphatic carbocycles. The van der Waals surface area contributed by atoms with E-state index in [0.29, 0.717) is 23.8 Å². The van der Waals surface area contributed by atoms with Gasteiger partial charge in [0.1, 0.15) is 0 Å². The van der Waals surface area contributed by atoms with Crippen LogP contribution in [0.1, 0.15) is 70.5 Å². The summed E-state index contributed by atoms with van der Waals surface area (Å²) in [5.41, 5.74) is 0. The molecule has 1 heterocycles. The molecule has 0 saturated heterocycles. The summed E-state index contributed by atoms with van der Waals surface area (Å²) >= 11 is 0. The quantitative estimate of drug-likeness (QED) is 0.844. The average Bonchev–Trinajstić information content (AvgIpc) is 2.64. The Labute approximate surface area is 110 Å². The third-order valence-electron chi connectivity index (χ3n) is 4.00. The summed E-state index contributed by atoms with van der Waals surface area (Å²) in [6.07, 6.45) is 3.73. The van der Waals surface area contributed by atoms with E-state index in [-0.39, 0.29) is 0 Å². The van der Waals surface area contributed by atoms with Crippen LogP contribution in [0.5, 0.6) is 0 Å². The second-order valence-corrected chi connectivity index (χ2v) is 5.73. The Hall–Kier alpha value is -0.900. The predicted octanol–water partition coefficient (Wildman–Crippen LogP) is 3.07. The van der Waals surface area contributed by atoms with Crippen molar-refractivity contribution in [2.45, 2.75) is 64.8 Å². The monoisotopic (exact) mass is 251 g/mol. The maximum Gasteiger partial charge on any atom is 0.231 e. The normalized spacial score (nSPS) is 19.8. The van der Waals surface area contributed by atoms with E-state index >= 15 is 0 Å². The van der Waals surface area contributed by atoms with Gasteiger partial charge in [0.05, 0.1) is 5.92 Å². The standard InChI is InChI=1S/C14H25N3O/c1-5-15-10(4)12(9(2)3)14-16-13(17-18-14)11-7-6-8-11/h9-12,15H,5-8H2,1-4H3. The van der Waals surface area contributed by atoms with Crippen LogP contribution in [-0.4, -0.2) is 22.7 Å². The molecule has 2 unspecified atom stereocenters. The van der Waals surface area contributed by atoms with Crippen molar-refractivity contribution in [1.82, 2.24) is 15.5 Å². The van der Waals surface area contributed by atoms with Crippen LogP contribution in [-0.2, 0) is 0 Å². The molecule has 0 aliphatic heterocycles. The lowest BCUT2D eigenvalue weighted by Crippen LogP contribution is -2.34. The largest absolute Gasteiger partial charge is 0.339 e. The van der Waals surface area contributed by atoms with Crippen LogP contribution in [0.2, 0.25) is 0 Å². The number of likely N-dealkylation sites (N-methyl/N-ethyl adjacent to an activating group) is 1. The van der Waals surface area contributed by atoms with Crippen molar-refractivity contribution in [3.8, 4) is 0 Å². The van der Waals surface area contributed by atoms with Crippen molar-refractivity contribution in [2.75, 3.05) is 6.54 Å². The lowest BCUT2D eigenvalue weighted by Gasteiger charge is -2.25. The van der Waals surface area contributed by atoms with Gasteiger partial charge in [0.2, 0.25) is 5.89 Å². The summed E-state index contributed by atoms with van der Waals surface area (Å²) in [6.45, 7) is 9.72. The van der Waals surface area contributed by atoms with Gasteiger partial charge in [-0.15, -0.1) is 0 Å². The molecule has 0 spiro atoms. The van der Waals surface area contributed by atoms with E-state index in [2.05, 4.69) is 43.2 Å². The molecule has 102 valence electrons. The molecule has 2 rings (SSSR count). The fourth-order valence-electron chi connectivity index (χ4n) is 2.74. The van der Waals surface area contributed by atoms with Crippen LogP contribution in [0.15, 0.2) is 4.52 Å². The zero-order valence-electron chi connectivity index (χ0n) is 11.9. The molecule has 1 saturated carbocycles. The fraction of sp³-hybridized carbons (Fsp3) is 0.857. The average molecular weight is 251 g/mol. The predicted molar refractivity (Wildman–Crippen MR) is 71.6 cm³/mol. The van der Waals surface area contributed by atoms with Gasteiger partial charge in [0.25, 0.3) is 0 Å². The van der Waals surface area contributed by atoms with E-state index in [1.54, 1.807) is 0 Å². The van der Waals surface area contributed by atoms with Crippen LogP contribution in [0.25, 0.3) is 0 Å². The summed E-state index contributed by atoms with van der Waals surface area (Å²) in [4.78, 5) is 4.64. The van der Waals surface area contributed by atoms with Crippen molar-refractivity contribution < 1.29 is 4.52 Å². The van der Waals surface area contributed by atoms with Crippen LogP contribution < -0.4 is 5.32 Å². The summed E-state index contributed by atoms with van der Waals surface area (Å²) in [5.74, 6) is 3.07. The van der Waals surface area contributed by atoms with E-state index in [4.69, 9.17) is 4.52 Å². The number of hydrogen-bond donors (Lipinski definition) is 1. The SMILES string of the molecule is CCNC(C)C(c1nc(C2CCC2)no1)C(C)C. The van der Waals surface area contributed by atoms with Gasteiger partial charge in [0.15, 0.2) is 5.82 Å². The summed E-state index contributed by atoms with van der Waals surface area (Å²) in [5, 5.41) is 7.63. The minimum Gasteiger partial charge on any atom is -0.339 e. The number of rotatable bonds is 6. The highest BCUT2D eigenvalue weighted by Crippen LogP contribution is 2.36. The van der Waals surface area contributed by atoms with Crippen LogP contribution in [0.4, 0.5) is 0 Å². The van der Waals surface area contributed by atoms with Crippen molar-refractivity contribution in [1.29, 1.82) is 0 Å². The Bertz CT molecular complexity index is 371. The second kappa shape index (κ2) is 5.83. The van der Waals surface area contributed by atoms with Crippen LogP contribution in [0, 0.1) is 5.92 Å². The molecule has 0 aromatic carbocycles. The highest BCUT2D eigenvalue weighted by atomic mass is 16.5. The van der Waals surface area contributed by atoms with Crippen molar-refractivity contribution >= 4 is 0 Å². The minimum atomic E-state index is 0.297. The summed E-state index contributed by atoms with van der Waals surface area (Å²) < 4.78 is 5.51. The molecule has 2 atom stereocenters. The molecule has 0 bridgehead atoms. The van der Waals surface area contributed by atoms with Crippen molar-refractivity contribution in [3.63, 3.8) is 0 Å². The molecule has 0 radical (unpaired) electrons. The number of nitrogens with zero attached hydrogens (tertiary/aromatic N) is 2. The molecule has 4 heteroatoms. The van der Waals surface area contributed by atoms with Gasteiger partial charge < -0.3 is 9.84 Å². The molecule has 1 aromatic rings. The lowest BCUT2D eigenvalue weighted by molar-refractivity contribution is 0.278. The Kier molecular flexibility index (Phi) is 4.38. The maximum absolute atomic E-state index is 5.51. The first-order valence-electron chi connectivity index (χ1n) is 7.20. The van der Waals surface area contributed by atoms with Crippen molar-refractivity contribution in [2.24, 2.45) is 5.92 Å². The number of nitrogens with one attached hydrogen (secondary N) is 1. The van der Waals surface area contributed by atoms with E-state index < -0.39 is 0 Å². The minimum absolute atomic E-state index is 0.297. The topological polar surface area (TPSA) is 51.0 Å². The van der Waals surface area contributed by atoms with Gasteiger partial charge in [-0.1, -0.05) is 32.3 Å². The molecular formula is C14H25N3O. The van der Waals surface area contributed by atoms with Crippen molar-refractivity contribution in [3.05, 3.63) is 11.7 Å². The molecule has 0 amide bonds. The molecule has 1 fully saturated rings. The Balaban J connectivity index is 2.11. The highest BCUT2D eigenvalue weighted by Gasteiger charge is 2.30. The van der Waals surface area contributed by atoms with E-state index in [0.717, 1.165) is 18.3 Å². The Morgan fingerprint density at radius 3 is 2.56 bits per heavy atom. The molecule has 1 N–H and O–H groups in total. The molecule has 1 aromatic heterocycles. The highest BCUT2D eigenvalue weighted by molar-refractivity contribution is 5.05. The molecule has 1 aliphatic rings. The van der Waals surface area contributed by atoms with Gasteiger partial charge in [-0.05, 0) is 32.2 Å². The molecule has 18 heavy (non-hydrogen) atoms. The van der Waals surface area contributed by atoms with Gasteiger partial charge in [0, 0.05) is 12.0 Å². The third-order valence-corrected chi connectivity index (χ3v) is 4.00. The smallest absolute Gasteiger partial charge is 0.231 e. The summed E-state index contributed by atoms with van der Waals surface area (Å²) in [6, 6.07) is 0.365. The zero-order valence-corrected chi connectivity index (χ0v) is 11.9. The number of aromatic nitrogens is 2. The lowest BCUT2D eigenvalue weighted by atomic mass is 9.85. The first kappa shape index (κ1) is 13.5. The fourth-order valence-corrected chi connectivity index (χ4v) is 2.74. The Morgan fingerprint density at radius 2 is 2.06 bits per heavy atom. The molecular weight excluding hydrogens is 226 g/mol. The molecule has 4 nitrogen and oxygen atoms in total. The van der Waals surface area contributed by atoms with E-state index in [9.17, 15) is 0 Å². The van der Waals surface area contributed by atoms with Crippen LogP contribution >= 0.6 is 0 Å². The van der Waals surface area contributed by atoms with E-state index in [1.165, 1.54) is 19.3 Å². The van der Waals surface area contributed by atoms with E-state index in [1.807, 2.05) is 0 Å². The second-order valence-electron chi connectivity index (χ2n) is 5.73. The zero-order chi connectivity index (χ0) is 13.1. The van der Waals surface area contributed by atoms with Gasteiger partial charge in [-0.2, -0.15) is 4.98 Å². The summed E-state index contributed by atoms with van der Waals surface area (Å²) in [7, 11) is 0. The third kappa shape index (κ3) is 2.74. The van der Waals surface area contributed by atoms with Gasteiger partial charge >= 0.3 is 0 Å². The maximum atomic E-state index is 5.51. The first-order valence-corrected chi connectivity index (χ1v) is 7.20. The van der Waals surface area contributed by atoms with Gasteiger partial charge in [-0.25, -0.2) is 0 Å². The number of hydrogen-bond acceptors (Lipinski definition) is 4. The van der Waals surface area contributed by atoms with Gasteiger partial charge in [-0.3, -0.25) is 0 Å².